The third-order valence-electron chi connectivity index (χ3n) is 10.8. The van der Waals surface area contributed by atoms with Gasteiger partial charge >= 0.3 is 0 Å². The Balaban J connectivity index is 1.20. The topological polar surface area (TPSA) is 38.7 Å². The molecule has 0 saturated heterocycles. The van der Waals surface area contributed by atoms with E-state index in [9.17, 15) is 0 Å². The Morgan fingerprint density at radius 2 is 0.808 bits per heavy atom. The summed E-state index contributed by atoms with van der Waals surface area (Å²) in [4.78, 5) is 13.8. The van der Waals surface area contributed by atoms with Gasteiger partial charge in [-0.2, -0.15) is 0 Å². The molecule has 3 heterocycles. The summed E-state index contributed by atoms with van der Waals surface area (Å²) in [6.45, 7) is 0. The lowest BCUT2D eigenvalue weighted by atomic mass is 9.85. The Morgan fingerprint density at radius 1 is 0.308 bits per heavy atom. The maximum absolute atomic E-state index is 4.69. The van der Waals surface area contributed by atoms with Gasteiger partial charge in [-0.3, -0.25) is 15.0 Å². The fourth-order valence-electron chi connectivity index (χ4n) is 8.45. The smallest absolute Gasteiger partial charge is 0.0708 e. The van der Waals surface area contributed by atoms with Crippen molar-refractivity contribution in [3.05, 3.63) is 176 Å². The number of pyridine rings is 3. The third kappa shape index (κ3) is 4.36. The molecular formula is C49H29N3. The van der Waals surface area contributed by atoms with Crippen molar-refractivity contribution >= 4 is 64.9 Å². The molecule has 0 atom stereocenters. The monoisotopic (exact) mass is 659 g/mol. The molecule has 0 bridgehead atoms. The lowest BCUT2D eigenvalue weighted by Gasteiger charge is -2.18. The number of fused-ring (bicyclic) bond motifs is 3. The molecule has 0 amide bonds. The molecule has 3 nitrogen and oxygen atoms in total. The van der Waals surface area contributed by atoms with Crippen LogP contribution in [0.4, 0.5) is 0 Å². The van der Waals surface area contributed by atoms with Gasteiger partial charge in [0.15, 0.2) is 0 Å². The number of rotatable bonds is 4. The van der Waals surface area contributed by atoms with Crippen LogP contribution < -0.4 is 0 Å². The van der Waals surface area contributed by atoms with Crippen LogP contribution in [0.5, 0.6) is 0 Å². The van der Waals surface area contributed by atoms with Gasteiger partial charge in [0.2, 0.25) is 0 Å². The van der Waals surface area contributed by atoms with Crippen molar-refractivity contribution in [1.82, 2.24) is 15.0 Å². The molecule has 0 aliphatic rings. The summed E-state index contributed by atoms with van der Waals surface area (Å²) in [5, 5.41) is 12.2. The van der Waals surface area contributed by atoms with E-state index in [2.05, 4.69) is 145 Å². The molecule has 0 unspecified atom stereocenters. The summed E-state index contributed by atoms with van der Waals surface area (Å²) in [7, 11) is 0. The van der Waals surface area contributed by atoms with Crippen LogP contribution in [0.2, 0.25) is 0 Å². The average molecular weight is 660 g/mol. The van der Waals surface area contributed by atoms with Crippen molar-refractivity contribution in [2.75, 3.05) is 0 Å². The summed E-state index contributed by atoms with van der Waals surface area (Å²) in [5.41, 5.74) is 11.5. The van der Waals surface area contributed by atoms with Crippen molar-refractivity contribution in [1.29, 1.82) is 0 Å². The van der Waals surface area contributed by atoms with Crippen molar-refractivity contribution in [3.8, 4) is 44.5 Å². The molecule has 3 aromatic heterocycles. The van der Waals surface area contributed by atoms with Gasteiger partial charge in [-0.25, -0.2) is 0 Å². The Morgan fingerprint density at radius 3 is 1.44 bits per heavy atom. The molecule has 11 rings (SSSR count). The first kappa shape index (κ1) is 28.8. The van der Waals surface area contributed by atoms with Gasteiger partial charge in [-0.1, -0.05) is 103 Å². The molecule has 0 aliphatic carbocycles. The average Bonchev–Trinajstić information content (AvgIpc) is 3.22. The van der Waals surface area contributed by atoms with Gasteiger partial charge in [0, 0.05) is 40.9 Å². The quantitative estimate of drug-likeness (QED) is 0.177. The predicted octanol–water partition coefficient (Wildman–Crippen LogP) is 12.9. The van der Waals surface area contributed by atoms with Crippen molar-refractivity contribution in [2.24, 2.45) is 0 Å². The molecule has 0 N–H and O–H groups in total. The van der Waals surface area contributed by atoms with E-state index in [0.29, 0.717) is 0 Å². The minimum absolute atomic E-state index is 0.988. The molecule has 240 valence electrons. The summed E-state index contributed by atoms with van der Waals surface area (Å²) >= 11 is 0. The first-order valence-corrected chi connectivity index (χ1v) is 17.7. The minimum Gasteiger partial charge on any atom is -0.264 e. The third-order valence-corrected chi connectivity index (χ3v) is 10.8. The van der Waals surface area contributed by atoms with E-state index in [4.69, 9.17) is 9.97 Å². The Hall–Kier alpha value is -6.97. The van der Waals surface area contributed by atoms with Crippen LogP contribution in [0.3, 0.4) is 0 Å². The molecule has 52 heavy (non-hydrogen) atoms. The number of hydrogen-bond donors (Lipinski definition) is 0. The van der Waals surface area contributed by atoms with Crippen LogP contribution in [0.15, 0.2) is 176 Å². The largest absolute Gasteiger partial charge is 0.264 e. The maximum atomic E-state index is 4.69. The van der Waals surface area contributed by atoms with E-state index in [1.54, 1.807) is 0 Å². The zero-order valence-corrected chi connectivity index (χ0v) is 28.1. The molecule has 0 aliphatic heterocycles. The standard InChI is InChI=1S/C49H29N3/c1-6-32-29-50-25-22-39(32)40(9-1)41-19-15-31-16-20-44-38(18-14-30-17-21-45(41)49(31)48(30)44)35-27-33(36-7-2-12-46-42(36)10-4-23-51-46)26-34(28-35)37-8-3-13-47-43(37)11-5-24-52-47/h1-29H. The zero-order valence-electron chi connectivity index (χ0n) is 28.1. The van der Waals surface area contributed by atoms with Crippen LogP contribution in [-0.2, 0) is 0 Å². The molecule has 0 saturated carbocycles. The number of aromatic nitrogens is 3. The minimum atomic E-state index is 0.988. The van der Waals surface area contributed by atoms with E-state index in [-0.39, 0.29) is 0 Å². The lowest BCUT2D eigenvalue weighted by Crippen LogP contribution is -1.92. The Bertz CT molecular complexity index is 3080. The summed E-state index contributed by atoms with van der Waals surface area (Å²) in [6, 6.07) is 55.3. The molecule has 8 aromatic carbocycles. The second-order valence-corrected chi connectivity index (χ2v) is 13.6. The van der Waals surface area contributed by atoms with E-state index >= 15 is 0 Å². The predicted molar refractivity (Wildman–Crippen MR) is 218 cm³/mol. The molecular weight excluding hydrogens is 631 g/mol. The first-order chi connectivity index (χ1) is 25.8. The second-order valence-electron chi connectivity index (χ2n) is 13.6. The van der Waals surface area contributed by atoms with Crippen molar-refractivity contribution in [2.45, 2.75) is 0 Å². The van der Waals surface area contributed by atoms with Crippen molar-refractivity contribution in [3.63, 3.8) is 0 Å². The van der Waals surface area contributed by atoms with Gasteiger partial charge < -0.3 is 0 Å². The van der Waals surface area contributed by atoms with Crippen LogP contribution in [0.1, 0.15) is 0 Å². The van der Waals surface area contributed by atoms with Gasteiger partial charge in [-0.05, 0) is 131 Å². The van der Waals surface area contributed by atoms with Crippen molar-refractivity contribution < 1.29 is 0 Å². The van der Waals surface area contributed by atoms with Crippen LogP contribution in [0.25, 0.3) is 109 Å². The normalized spacial score (nSPS) is 11.8. The van der Waals surface area contributed by atoms with Crippen LogP contribution in [-0.4, -0.2) is 15.0 Å². The number of benzene rings is 8. The van der Waals surface area contributed by atoms with Gasteiger partial charge in [0.1, 0.15) is 0 Å². The molecule has 0 spiro atoms. The summed E-state index contributed by atoms with van der Waals surface area (Å²) in [5.74, 6) is 0. The number of hydrogen-bond acceptors (Lipinski definition) is 3. The maximum Gasteiger partial charge on any atom is 0.0708 e. The fraction of sp³-hybridized carbons (Fsp3) is 0. The Kier molecular flexibility index (Phi) is 6.25. The number of nitrogens with zero attached hydrogens (tertiary/aromatic N) is 3. The highest BCUT2D eigenvalue weighted by Gasteiger charge is 2.18. The Labute approximate surface area is 299 Å². The van der Waals surface area contributed by atoms with E-state index in [1.165, 1.54) is 71.1 Å². The van der Waals surface area contributed by atoms with Gasteiger partial charge in [-0.15, -0.1) is 0 Å². The van der Waals surface area contributed by atoms with Crippen LogP contribution >= 0.6 is 0 Å². The van der Waals surface area contributed by atoms with Crippen LogP contribution in [0, 0.1) is 0 Å². The zero-order chi connectivity index (χ0) is 34.2. The molecule has 0 radical (unpaired) electrons. The van der Waals surface area contributed by atoms with E-state index < -0.39 is 0 Å². The fourth-order valence-corrected chi connectivity index (χ4v) is 8.45. The lowest BCUT2D eigenvalue weighted by molar-refractivity contribution is 1.36. The van der Waals surface area contributed by atoms with Gasteiger partial charge in [0.05, 0.1) is 11.0 Å². The SMILES string of the molecule is c1cc(-c2ccc3ccc4c(-c5cc(-c6cccc7ncccc67)cc(-c6cccc7ncccc67)c5)ccc5ccc2c3c54)c2ccncc2c1. The summed E-state index contributed by atoms with van der Waals surface area (Å²) < 4.78 is 0. The van der Waals surface area contributed by atoms with E-state index in [1.807, 2.05) is 36.9 Å². The van der Waals surface area contributed by atoms with E-state index in [0.717, 1.165) is 38.3 Å². The highest BCUT2D eigenvalue weighted by atomic mass is 14.6. The highest BCUT2D eigenvalue weighted by Crippen LogP contribution is 2.45. The summed E-state index contributed by atoms with van der Waals surface area (Å²) in [6.07, 6.45) is 7.57. The second kappa shape index (κ2) is 11.3. The molecule has 0 fully saturated rings. The first-order valence-electron chi connectivity index (χ1n) is 17.7. The molecule has 3 heteroatoms. The molecule has 11 aromatic rings. The van der Waals surface area contributed by atoms with Gasteiger partial charge in [0.25, 0.3) is 0 Å². The highest BCUT2D eigenvalue weighted by molar-refractivity contribution is 6.28.